The number of halogens is 1. The van der Waals surface area contributed by atoms with Gasteiger partial charge in [0.05, 0.1) is 0 Å². The van der Waals surface area contributed by atoms with Gasteiger partial charge < -0.3 is 10.6 Å². The zero-order chi connectivity index (χ0) is 12.3. The largest absolute Gasteiger partial charge is 0.326 e. The molecule has 0 bridgehead atoms. The van der Waals surface area contributed by atoms with E-state index in [4.69, 9.17) is 5.73 Å². The number of nitrogens with two attached hydrogens (primary N) is 1. The second kappa shape index (κ2) is 5.96. The van der Waals surface area contributed by atoms with Gasteiger partial charge in [0.2, 0.25) is 0 Å². The van der Waals surface area contributed by atoms with Gasteiger partial charge in [-0.25, -0.2) is 0 Å². The topological polar surface area (TPSA) is 32.5 Å². The van der Waals surface area contributed by atoms with Crippen LogP contribution in [0.25, 0.3) is 0 Å². The summed E-state index contributed by atoms with van der Waals surface area (Å²) in [4.78, 5) is 4.88. The monoisotopic (exact) mass is 297 g/mol. The number of hydrogen-bond acceptors (Lipinski definition) is 3. The molecule has 0 unspecified atom stereocenters. The molecule has 1 aliphatic heterocycles. The highest BCUT2D eigenvalue weighted by molar-refractivity contribution is 9.10. The lowest BCUT2D eigenvalue weighted by Crippen LogP contribution is -2.43. The lowest BCUT2D eigenvalue weighted by Gasteiger charge is -2.32. The first kappa shape index (κ1) is 13.0. The maximum atomic E-state index is 5.63. The molecule has 1 aromatic carbocycles. The first-order valence-corrected chi connectivity index (χ1v) is 6.86. The fourth-order valence-corrected chi connectivity index (χ4v) is 2.64. The van der Waals surface area contributed by atoms with E-state index in [2.05, 4.69) is 51.0 Å². The van der Waals surface area contributed by atoms with Crippen LogP contribution in [0.2, 0.25) is 0 Å². The normalized spacial score (nSPS) is 18.5. The molecule has 94 valence electrons. The van der Waals surface area contributed by atoms with Crippen LogP contribution in [0.4, 0.5) is 0 Å². The Kier molecular flexibility index (Phi) is 4.56. The van der Waals surface area contributed by atoms with Crippen LogP contribution in [-0.2, 0) is 13.1 Å². The Labute approximate surface area is 112 Å². The van der Waals surface area contributed by atoms with E-state index < -0.39 is 0 Å². The van der Waals surface area contributed by atoms with E-state index in [1.165, 1.54) is 28.7 Å². The van der Waals surface area contributed by atoms with Crippen LogP contribution in [0.15, 0.2) is 22.7 Å². The van der Waals surface area contributed by atoms with Gasteiger partial charge in [-0.1, -0.05) is 28.1 Å². The third-order valence-electron chi connectivity index (χ3n) is 3.34. The summed E-state index contributed by atoms with van der Waals surface area (Å²) in [7, 11) is 2.18. The highest BCUT2D eigenvalue weighted by Crippen LogP contribution is 2.20. The van der Waals surface area contributed by atoms with E-state index in [-0.39, 0.29) is 0 Å². The molecule has 2 rings (SSSR count). The molecule has 1 fully saturated rings. The molecule has 0 amide bonds. The van der Waals surface area contributed by atoms with Gasteiger partial charge in [0.25, 0.3) is 0 Å². The Morgan fingerprint density at radius 2 is 1.94 bits per heavy atom. The Bertz CT molecular complexity index is 373. The summed E-state index contributed by atoms with van der Waals surface area (Å²) in [5, 5.41) is 0. The van der Waals surface area contributed by atoms with Gasteiger partial charge in [0.1, 0.15) is 0 Å². The third-order valence-corrected chi connectivity index (χ3v) is 4.08. The molecule has 0 aromatic heterocycles. The van der Waals surface area contributed by atoms with Crippen LogP contribution < -0.4 is 5.73 Å². The molecule has 0 atom stereocenters. The second-order valence-corrected chi connectivity index (χ2v) is 5.56. The number of hydrogen-bond donors (Lipinski definition) is 1. The molecule has 2 N–H and O–H groups in total. The molecular formula is C13H20BrN3. The van der Waals surface area contributed by atoms with Crippen molar-refractivity contribution in [3.63, 3.8) is 0 Å². The fraction of sp³-hybridized carbons (Fsp3) is 0.538. The van der Waals surface area contributed by atoms with Crippen molar-refractivity contribution in [1.82, 2.24) is 9.80 Å². The highest BCUT2D eigenvalue weighted by Gasteiger charge is 2.14. The third kappa shape index (κ3) is 3.52. The van der Waals surface area contributed by atoms with E-state index in [9.17, 15) is 0 Å². The molecule has 17 heavy (non-hydrogen) atoms. The first-order valence-electron chi connectivity index (χ1n) is 6.07. The van der Waals surface area contributed by atoms with E-state index in [1.54, 1.807) is 0 Å². The average Bonchev–Trinajstić information content (AvgIpc) is 2.34. The van der Waals surface area contributed by atoms with Crippen molar-refractivity contribution in [2.75, 3.05) is 33.2 Å². The molecule has 0 aliphatic carbocycles. The van der Waals surface area contributed by atoms with Crippen LogP contribution in [0.1, 0.15) is 11.1 Å². The standard InChI is InChI=1S/C13H20BrN3/c1-16-4-6-17(7-5-16)10-12-3-2-11(9-15)8-13(12)14/h2-3,8H,4-7,9-10,15H2,1H3. The number of rotatable bonds is 3. The van der Waals surface area contributed by atoms with Gasteiger partial charge in [-0.15, -0.1) is 0 Å². The predicted molar refractivity (Wildman–Crippen MR) is 74.8 cm³/mol. The quantitative estimate of drug-likeness (QED) is 0.921. The molecule has 1 aromatic rings. The summed E-state index contributed by atoms with van der Waals surface area (Å²) in [6, 6.07) is 6.44. The van der Waals surface area contributed by atoms with E-state index >= 15 is 0 Å². The Balaban J connectivity index is 1.99. The van der Waals surface area contributed by atoms with E-state index in [1.807, 2.05) is 0 Å². The summed E-state index contributed by atoms with van der Waals surface area (Å²) < 4.78 is 1.18. The molecule has 0 spiro atoms. The summed E-state index contributed by atoms with van der Waals surface area (Å²) in [5.41, 5.74) is 8.16. The van der Waals surface area contributed by atoms with Crippen LogP contribution >= 0.6 is 15.9 Å². The minimum Gasteiger partial charge on any atom is -0.326 e. The van der Waals surface area contributed by atoms with Crippen molar-refractivity contribution in [2.24, 2.45) is 5.73 Å². The fourth-order valence-electron chi connectivity index (χ4n) is 2.09. The van der Waals surface area contributed by atoms with E-state index in [0.29, 0.717) is 6.54 Å². The van der Waals surface area contributed by atoms with E-state index in [0.717, 1.165) is 19.6 Å². The maximum Gasteiger partial charge on any atom is 0.0246 e. The molecule has 0 saturated carbocycles. The molecule has 3 nitrogen and oxygen atoms in total. The predicted octanol–water partition coefficient (Wildman–Crippen LogP) is 1.66. The maximum absolute atomic E-state index is 5.63. The number of benzene rings is 1. The van der Waals surface area contributed by atoms with Crippen molar-refractivity contribution in [1.29, 1.82) is 0 Å². The van der Waals surface area contributed by atoms with Gasteiger partial charge in [-0.2, -0.15) is 0 Å². The van der Waals surface area contributed by atoms with Crippen molar-refractivity contribution in [2.45, 2.75) is 13.1 Å². The van der Waals surface area contributed by atoms with Crippen LogP contribution in [0.3, 0.4) is 0 Å². The van der Waals surface area contributed by atoms with Crippen LogP contribution in [-0.4, -0.2) is 43.0 Å². The highest BCUT2D eigenvalue weighted by atomic mass is 79.9. The molecule has 1 heterocycles. The van der Waals surface area contributed by atoms with Gasteiger partial charge in [-0.05, 0) is 24.2 Å². The molecule has 1 saturated heterocycles. The van der Waals surface area contributed by atoms with Gasteiger partial charge in [0.15, 0.2) is 0 Å². The summed E-state index contributed by atoms with van der Waals surface area (Å²) >= 11 is 3.63. The Morgan fingerprint density at radius 3 is 2.53 bits per heavy atom. The summed E-state index contributed by atoms with van der Waals surface area (Å²) in [6.45, 7) is 6.27. The van der Waals surface area contributed by atoms with Gasteiger partial charge in [-0.3, -0.25) is 4.90 Å². The Hall–Kier alpha value is -0.420. The smallest absolute Gasteiger partial charge is 0.0246 e. The minimum absolute atomic E-state index is 0.605. The summed E-state index contributed by atoms with van der Waals surface area (Å²) in [5.74, 6) is 0. The molecule has 1 aliphatic rings. The van der Waals surface area contributed by atoms with Crippen LogP contribution in [0, 0.1) is 0 Å². The average molecular weight is 298 g/mol. The number of likely N-dealkylation sites (N-methyl/N-ethyl adjacent to an activating group) is 1. The molecular weight excluding hydrogens is 278 g/mol. The lowest BCUT2D eigenvalue weighted by molar-refractivity contribution is 0.148. The minimum atomic E-state index is 0.605. The van der Waals surface area contributed by atoms with Gasteiger partial charge in [0, 0.05) is 43.7 Å². The zero-order valence-electron chi connectivity index (χ0n) is 10.3. The van der Waals surface area contributed by atoms with Crippen molar-refractivity contribution < 1.29 is 0 Å². The summed E-state index contributed by atoms with van der Waals surface area (Å²) in [6.07, 6.45) is 0. The lowest BCUT2D eigenvalue weighted by atomic mass is 10.1. The molecule has 0 radical (unpaired) electrons. The number of piperazine rings is 1. The zero-order valence-corrected chi connectivity index (χ0v) is 11.9. The number of nitrogens with zero attached hydrogens (tertiary/aromatic N) is 2. The second-order valence-electron chi connectivity index (χ2n) is 4.71. The SMILES string of the molecule is CN1CCN(Cc2ccc(CN)cc2Br)CC1. The first-order chi connectivity index (χ1) is 8.19. The van der Waals surface area contributed by atoms with Crippen LogP contribution in [0.5, 0.6) is 0 Å². The van der Waals surface area contributed by atoms with Crippen molar-refractivity contribution >= 4 is 15.9 Å². The van der Waals surface area contributed by atoms with Crippen molar-refractivity contribution in [3.05, 3.63) is 33.8 Å². The Morgan fingerprint density at radius 1 is 1.24 bits per heavy atom. The molecule has 4 heteroatoms. The van der Waals surface area contributed by atoms with Crippen molar-refractivity contribution in [3.8, 4) is 0 Å². The van der Waals surface area contributed by atoms with Gasteiger partial charge >= 0.3 is 0 Å².